The Morgan fingerprint density at radius 2 is 1.74 bits per heavy atom. The van der Waals surface area contributed by atoms with Crippen LogP contribution < -0.4 is 16.0 Å². The van der Waals surface area contributed by atoms with Crippen molar-refractivity contribution in [3.63, 3.8) is 0 Å². The van der Waals surface area contributed by atoms with E-state index in [0.717, 1.165) is 26.8 Å². The molecule has 0 bridgehead atoms. The van der Waals surface area contributed by atoms with Gasteiger partial charge in [0.25, 0.3) is 0 Å². The van der Waals surface area contributed by atoms with Crippen LogP contribution in [0.4, 0.5) is 40.1 Å². The molecule has 0 aliphatic carbocycles. The van der Waals surface area contributed by atoms with Crippen molar-refractivity contribution in [1.82, 2.24) is 9.97 Å². The first-order valence-electron chi connectivity index (χ1n) is 10.0. The maximum absolute atomic E-state index is 13.1. The average Bonchev–Trinajstić information content (AvgIpc) is 3.21. The standard InChI is InChI=1S/C23H18F3N5O3S/c1-34-22(33)30-21-28-18-10-9-17(12-19(18)29-21)35-16-7-5-14(6-8-16)31(20(27)32)15-4-2-3-13(11-15)23(24,25)26/h2-12H,1H3,(H2,27,32)(H2,28,29,30,33). The van der Waals surface area contributed by atoms with Crippen LogP contribution in [0.25, 0.3) is 11.0 Å². The van der Waals surface area contributed by atoms with Crippen LogP contribution in [0.5, 0.6) is 0 Å². The van der Waals surface area contributed by atoms with Crippen LogP contribution in [0.15, 0.2) is 76.5 Å². The highest BCUT2D eigenvalue weighted by atomic mass is 32.2. The Balaban J connectivity index is 1.54. The number of amides is 3. The quantitative estimate of drug-likeness (QED) is 0.305. The van der Waals surface area contributed by atoms with E-state index in [2.05, 4.69) is 20.0 Å². The summed E-state index contributed by atoms with van der Waals surface area (Å²) >= 11 is 1.41. The van der Waals surface area contributed by atoms with E-state index >= 15 is 0 Å². The summed E-state index contributed by atoms with van der Waals surface area (Å²) in [5.41, 5.74) is 6.26. The van der Waals surface area contributed by atoms with Gasteiger partial charge in [-0.15, -0.1) is 0 Å². The van der Waals surface area contributed by atoms with Gasteiger partial charge in [-0.2, -0.15) is 13.2 Å². The van der Waals surface area contributed by atoms with Crippen molar-refractivity contribution in [3.8, 4) is 0 Å². The van der Waals surface area contributed by atoms with E-state index < -0.39 is 23.9 Å². The topological polar surface area (TPSA) is 113 Å². The fraction of sp³-hybridized carbons (Fsp3) is 0.0870. The number of urea groups is 1. The molecular formula is C23H18F3N5O3S. The first-order valence-corrected chi connectivity index (χ1v) is 10.8. The highest BCUT2D eigenvalue weighted by molar-refractivity contribution is 7.99. The minimum atomic E-state index is -4.55. The lowest BCUT2D eigenvalue weighted by molar-refractivity contribution is -0.137. The predicted octanol–water partition coefficient (Wildman–Crippen LogP) is 6.13. The molecule has 0 unspecified atom stereocenters. The second-order valence-corrected chi connectivity index (χ2v) is 8.35. The Labute approximate surface area is 201 Å². The number of rotatable bonds is 5. The van der Waals surface area contributed by atoms with Crippen LogP contribution in [-0.2, 0) is 10.9 Å². The number of nitrogens with zero attached hydrogens (tertiary/aromatic N) is 2. The Bertz CT molecular complexity index is 1390. The molecule has 0 saturated carbocycles. The van der Waals surface area contributed by atoms with Crippen molar-refractivity contribution in [2.75, 3.05) is 17.3 Å². The summed E-state index contributed by atoms with van der Waals surface area (Å²) in [7, 11) is 1.25. The molecule has 180 valence electrons. The largest absolute Gasteiger partial charge is 0.453 e. The number of nitrogens with one attached hydrogen (secondary N) is 2. The van der Waals surface area contributed by atoms with E-state index in [1.165, 1.54) is 31.0 Å². The van der Waals surface area contributed by atoms with Gasteiger partial charge >= 0.3 is 18.3 Å². The fourth-order valence-corrected chi connectivity index (χ4v) is 4.13. The number of halogens is 3. The lowest BCUT2D eigenvalue weighted by Gasteiger charge is -2.22. The average molecular weight is 501 g/mol. The zero-order valence-electron chi connectivity index (χ0n) is 18.1. The Kier molecular flexibility index (Phi) is 6.56. The van der Waals surface area contributed by atoms with Gasteiger partial charge in [0.1, 0.15) is 0 Å². The lowest BCUT2D eigenvalue weighted by atomic mass is 10.1. The highest BCUT2D eigenvalue weighted by Crippen LogP contribution is 2.35. The molecule has 4 aromatic rings. The Morgan fingerprint density at radius 1 is 1.03 bits per heavy atom. The maximum Gasteiger partial charge on any atom is 0.416 e. The summed E-state index contributed by atoms with van der Waals surface area (Å²) < 4.78 is 43.8. The van der Waals surface area contributed by atoms with E-state index in [1.54, 1.807) is 24.3 Å². The van der Waals surface area contributed by atoms with Crippen LogP contribution in [0.1, 0.15) is 5.56 Å². The van der Waals surface area contributed by atoms with Crippen LogP contribution in [-0.4, -0.2) is 29.2 Å². The lowest BCUT2D eigenvalue weighted by Crippen LogP contribution is -2.31. The number of fused-ring (bicyclic) bond motifs is 1. The molecule has 1 aromatic heterocycles. The summed E-state index contributed by atoms with van der Waals surface area (Å²) in [5, 5.41) is 2.46. The van der Waals surface area contributed by atoms with Gasteiger partial charge in [-0.05, 0) is 60.7 Å². The number of ether oxygens (including phenoxy) is 1. The molecule has 0 aliphatic heterocycles. The molecule has 3 amide bonds. The third-order valence-corrected chi connectivity index (χ3v) is 5.84. The number of imidazole rings is 1. The van der Waals surface area contributed by atoms with Gasteiger partial charge in [0.05, 0.1) is 35.1 Å². The highest BCUT2D eigenvalue weighted by Gasteiger charge is 2.31. The molecule has 0 atom stereocenters. The fourth-order valence-electron chi connectivity index (χ4n) is 3.28. The first kappa shape index (κ1) is 24.0. The third kappa shape index (κ3) is 5.49. The summed E-state index contributed by atoms with van der Waals surface area (Å²) in [5.74, 6) is 0.250. The predicted molar refractivity (Wildman–Crippen MR) is 126 cm³/mol. The number of aromatic amines is 1. The molecule has 12 heteroatoms. The molecular weight excluding hydrogens is 483 g/mol. The monoisotopic (exact) mass is 501 g/mol. The molecule has 1 heterocycles. The second-order valence-electron chi connectivity index (χ2n) is 7.20. The van der Waals surface area contributed by atoms with Crippen LogP contribution in [0, 0.1) is 0 Å². The van der Waals surface area contributed by atoms with E-state index in [0.29, 0.717) is 16.7 Å². The third-order valence-electron chi connectivity index (χ3n) is 4.84. The number of carbonyl (C=O) groups is 2. The Hall–Kier alpha value is -4.19. The number of hydrogen-bond donors (Lipinski definition) is 3. The molecule has 0 saturated heterocycles. The zero-order valence-corrected chi connectivity index (χ0v) is 18.9. The Morgan fingerprint density at radius 3 is 2.40 bits per heavy atom. The molecule has 0 aliphatic rings. The molecule has 0 fully saturated rings. The van der Waals surface area contributed by atoms with E-state index in [-0.39, 0.29) is 11.6 Å². The van der Waals surface area contributed by atoms with E-state index in [1.807, 2.05) is 18.2 Å². The number of H-pyrrole nitrogens is 1. The maximum atomic E-state index is 13.1. The van der Waals surface area contributed by atoms with Crippen LogP contribution in [0.3, 0.4) is 0 Å². The number of anilines is 3. The number of methoxy groups -OCH3 is 1. The molecule has 0 spiro atoms. The van der Waals surface area contributed by atoms with Crippen molar-refractivity contribution in [3.05, 3.63) is 72.3 Å². The summed E-state index contributed by atoms with van der Waals surface area (Å²) in [4.78, 5) is 33.4. The van der Waals surface area contributed by atoms with Crippen LogP contribution >= 0.6 is 11.8 Å². The van der Waals surface area contributed by atoms with Gasteiger partial charge < -0.3 is 15.5 Å². The smallest absolute Gasteiger partial charge is 0.416 e. The minimum Gasteiger partial charge on any atom is -0.453 e. The number of carbonyl (C=O) groups excluding carboxylic acids is 2. The molecule has 8 nitrogen and oxygen atoms in total. The number of aromatic nitrogens is 2. The zero-order chi connectivity index (χ0) is 25.2. The minimum absolute atomic E-state index is 0.00748. The molecule has 35 heavy (non-hydrogen) atoms. The van der Waals surface area contributed by atoms with Gasteiger partial charge in [0, 0.05) is 9.79 Å². The molecule has 3 aromatic carbocycles. The molecule has 4 rings (SSSR count). The SMILES string of the molecule is COC(=O)Nc1nc2cc(Sc3ccc(N(C(N)=O)c4cccc(C(F)(F)F)c4)cc3)ccc2[nH]1. The van der Waals surface area contributed by atoms with Crippen molar-refractivity contribution >= 4 is 52.2 Å². The number of nitrogens with two attached hydrogens (primary N) is 1. The van der Waals surface area contributed by atoms with E-state index in [9.17, 15) is 22.8 Å². The van der Waals surface area contributed by atoms with Gasteiger partial charge in [-0.1, -0.05) is 17.8 Å². The number of alkyl halides is 3. The van der Waals surface area contributed by atoms with Crippen LogP contribution in [0.2, 0.25) is 0 Å². The molecule has 4 N–H and O–H groups in total. The summed E-state index contributed by atoms with van der Waals surface area (Å²) in [6.07, 6.45) is -5.19. The van der Waals surface area contributed by atoms with E-state index in [4.69, 9.17) is 5.73 Å². The summed E-state index contributed by atoms with van der Waals surface area (Å²) in [6, 6.07) is 15.6. The normalized spacial score (nSPS) is 11.3. The number of hydrogen-bond acceptors (Lipinski definition) is 5. The van der Waals surface area contributed by atoms with Crippen molar-refractivity contribution in [2.24, 2.45) is 5.73 Å². The second kappa shape index (κ2) is 9.58. The molecule has 0 radical (unpaired) electrons. The number of benzene rings is 3. The first-order chi connectivity index (χ1) is 16.6. The van der Waals surface area contributed by atoms with Crippen molar-refractivity contribution in [2.45, 2.75) is 16.0 Å². The van der Waals surface area contributed by atoms with Crippen molar-refractivity contribution in [1.29, 1.82) is 0 Å². The van der Waals surface area contributed by atoms with Gasteiger partial charge in [-0.3, -0.25) is 10.2 Å². The van der Waals surface area contributed by atoms with Gasteiger partial charge in [0.2, 0.25) is 5.95 Å². The van der Waals surface area contributed by atoms with Gasteiger partial charge in [0.15, 0.2) is 0 Å². The number of primary amides is 1. The summed E-state index contributed by atoms with van der Waals surface area (Å²) in [6.45, 7) is 0. The van der Waals surface area contributed by atoms with Crippen molar-refractivity contribution < 1.29 is 27.5 Å². The van der Waals surface area contributed by atoms with Gasteiger partial charge in [-0.25, -0.2) is 14.6 Å².